The van der Waals surface area contributed by atoms with E-state index in [4.69, 9.17) is 23.2 Å². The maximum Gasteiger partial charge on any atom is 0.390 e. The molecule has 0 unspecified atom stereocenters. The molecule has 0 saturated heterocycles. The molecule has 1 heterocycles. The molecule has 1 aromatic heterocycles. The Morgan fingerprint density at radius 2 is 1.95 bits per heavy atom. The van der Waals surface area contributed by atoms with Gasteiger partial charge in [-0.2, -0.15) is 4.68 Å². The van der Waals surface area contributed by atoms with Gasteiger partial charge in [0.25, 0.3) is 0 Å². The normalized spacial score (nSPS) is 10.4. The first-order chi connectivity index (χ1) is 9.85. The van der Waals surface area contributed by atoms with Crippen LogP contribution in [0.1, 0.15) is 5.69 Å². The predicted octanol–water partition coefficient (Wildman–Crippen LogP) is 3.05. The quantitative estimate of drug-likeness (QED) is 0.689. The number of amides is 1. The minimum absolute atomic E-state index is 0.149. The van der Waals surface area contributed by atoms with E-state index in [1.54, 1.807) is 25.1 Å². The number of nitro groups is 1. The van der Waals surface area contributed by atoms with Crippen LogP contribution in [0.2, 0.25) is 10.0 Å². The summed E-state index contributed by atoms with van der Waals surface area (Å²) in [6, 6.07) is 5.93. The number of nitrogens with one attached hydrogen (secondary N) is 1. The minimum Gasteiger partial charge on any atom is -0.358 e. The van der Waals surface area contributed by atoms with E-state index in [0.29, 0.717) is 21.4 Å². The van der Waals surface area contributed by atoms with Gasteiger partial charge >= 0.3 is 5.82 Å². The van der Waals surface area contributed by atoms with Crippen molar-refractivity contribution in [1.29, 1.82) is 0 Å². The maximum absolute atomic E-state index is 11.9. The Labute approximate surface area is 129 Å². The SMILES string of the molecule is Cc1cc([N+](=O)[O-])nn1CC(=O)Nc1cc(Cl)cc(Cl)c1. The first-order valence-electron chi connectivity index (χ1n) is 5.80. The molecule has 0 fully saturated rings. The highest BCUT2D eigenvalue weighted by Gasteiger charge is 2.17. The Kier molecular flexibility index (Phi) is 4.44. The van der Waals surface area contributed by atoms with Gasteiger partial charge in [-0.05, 0) is 30.0 Å². The van der Waals surface area contributed by atoms with Gasteiger partial charge in [0.1, 0.15) is 6.54 Å². The molecule has 0 radical (unpaired) electrons. The summed E-state index contributed by atoms with van der Waals surface area (Å²) in [5.41, 5.74) is 0.956. The molecule has 21 heavy (non-hydrogen) atoms. The van der Waals surface area contributed by atoms with Crippen molar-refractivity contribution in [3.05, 3.63) is 50.1 Å². The molecule has 0 spiro atoms. The molecule has 0 saturated carbocycles. The Balaban J connectivity index is 2.09. The Hall–Kier alpha value is -2.12. The smallest absolute Gasteiger partial charge is 0.358 e. The lowest BCUT2D eigenvalue weighted by atomic mass is 10.3. The zero-order valence-electron chi connectivity index (χ0n) is 10.8. The van der Waals surface area contributed by atoms with Gasteiger partial charge in [0.05, 0.1) is 16.9 Å². The number of nitrogens with zero attached hydrogens (tertiary/aromatic N) is 3. The molecule has 7 nitrogen and oxygen atoms in total. The van der Waals surface area contributed by atoms with Gasteiger partial charge in [-0.3, -0.25) is 4.79 Å². The monoisotopic (exact) mass is 328 g/mol. The summed E-state index contributed by atoms with van der Waals surface area (Å²) in [6.07, 6.45) is 0. The lowest BCUT2D eigenvalue weighted by Crippen LogP contribution is -2.20. The van der Waals surface area contributed by atoms with E-state index in [0.717, 1.165) is 0 Å². The van der Waals surface area contributed by atoms with Gasteiger partial charge in [-0.15, -0.1) is 0 Å². The molecule has 0 aliphatic rings. The number of aryl methyl sites for hydroxylation is 1. The maximum atomic E-state index is 11.9. The second-order valence-electron chi connectivity index (χ2n) is 4.26. The summed E-state index contributed by atoms with van der Waals surface area (Å²) in [5.74, 6) is -0.694. The summed E-state index contributed by atoms with van der Waals surface area (Å²) < 4.78 is 1.25. The van der Waals surface area contributed by atoms with Crippen LogP contribution in [-0.2, 0) is 11.3 Å². The zero-order valence-corrected chi connectivity index (χ0v) is 12.4. The summed E-state index contributed by atoms with van der Waals surface area (Å²) in [7, 11) is 0. The summed E-state index contributed by atoms with van der Waals surface area (Å²) in [4.78, 5) is 21.9. The van der Waals surface area contributed by atoms with E-state index < -0.39 is 10.8 Å². The number of carbonyl (C=O) groups excluding carboxylic acids is 1. The van der Waals surface area contributed by atoms with Gasteiger partial charge in [0, 0.05) is 15.7 Å². The van der Waals surface area contributed by atoms with Gasteiger partial charge < -0.3 is 15.4 Å². The molecule has 0 aliphatic carbocycles. The molecule has 9 heteroatoms. The molecule has 0 bridgehead atoms. The van der Waals surface area contributed by atoms with Crippen molar-refractivity contribution in [2.45, 2.75) is 13.5 Å². The van der Waals surface area contributed by atoms with Crippen LogP contribution < -0.4 is 5.32 Å². The molecule has 1 N–H and O–H groups in total. The first-order valence-corrected chi connectivity index (χ1v) is 6.55. The van der Waals surface area contributed by atoms with Crippen molar-refractivity contribution < 1.29 is 9.72 Å². The third kappa shape index (κ3) is 3.93. The Morgan fingerprint density at radius 3 is 2.48 bits per heavy atom. The number of hydrogen-bond acceptors (Lipinski definition) is 4. The first kappa shape index (κ1) is 15.3. The van der Waals surface area contributed by atoms with Crippen LogP contribution in [0.4, 0.5) is 11.5 Å². The van der Waals surface area contributed by atoms with Crippen molar-refractivity contribution in [3.63, 3.8) is 0 Å². The number of benzene rings is 1. The summed E-state index contributed by atoms with van der Waals surface area (Å²) in [5, 5.41) is 17.7. The summed E-state index contributed by atoms with van der Waals surface area (Å²) >= 11 is 11.7. The average molecular weight is 329 g/mol. The van der Waals surface area contributed by atoms with E-state index in [-0.39, 0.29) is 12.4 Å². The van der Waals surface area contributed by atoms with E-state index >= 15 is 0 Å². The topological polar surface area (TPSA) is 90.1 Å². The second-order valence-corrected chi connectivity index (χ2v) is 5.14. The molecular weight excluding hydrogens is 319 g/mol. The van der Waals surface area contributed by atoms with Gasteiger partial charge in [0.15, 0.2) is 0 Å². The molecule has 1 amide bonds. The number of hydrogen-bond donors (Lipinski definition) is 1. The fraction of sp³-hybridized carbons (Fsp3) is 0.167. The van der Waals surface area contributed by atoms with Gasteiger partial charge in [0.2, 0.25) is 5.91 Å². The lowest BCUT2D eigenvalue weighted by molar-refractivity contribution is -0.389. The predicted molar refractivity (Wildman–Crippen MR) is 78.7 cm³/mol. The van der Waals surface area contributed by atoms with E-state index in [9.17, 15) is 14.9 Å². The number of carbonyl (C=O) groups is 1. The number of anilines is 1. The number of halogens is 2. The fourth-order valence-electron chi connectivity index (χ4n) is 1.70. The largest absolute Gasteiger partial charge is 0.390 e. The van der Waals surface area contributed by atoms with E-state index in [2.05, 4.69) is 10.4 Å². The highest BCUT2D eigenvalue weighted by molar-refractivity contribution is 6.35. The van der Waals surface area contributed by atoms with Crippen molar-refractivity contribution in [2.24, 2.45) is 0 Å². The molecule has 1 aromatic carbocycles. The second kappa shape index (κ2) is 6.11. The standard InChI is InChI=1S/C12H10Cl2N4O3/c1-7-2-11(18(20)21)16-17(7)6-12(19)15-10-4-8(13)3-9(14)5-10/h2-5H,6H2,1H3,(H,15,19). The molecule has 0 aliphatic heterocycles. The van der Waals surface area contributed by atoms with Crippen LogP contribution >= 0.6 is 23.2 Å². The Morgan fingerprint density at radius 1 is 1.33 bits per heavy atom. The van der Waals surface area contributed by atoms with Crippen LogP contribution in [-0.4, -0.2) is 20.6 Å². The third-order valence-electron chi connectivity index (χ3n) is 2.60. The zero-order chi connectivity index (χ0) is 15.6. The van der Waals surface area contributed by atoms with Gasteiger partial charge in [-0.1, -0.05) is 23.2 Å². The summed E-state index contributed by atoms with van der Waals surface area (Å²) in [6.45, 7) is 1.48. The highest BCUT2D eigenvalue weighted by Crippen LogP contribution is 2.22. The van der Waals surface area contributed by atoms with Crippen molar-refractivity contribution in [2.75, 3.05) is 5.32 Å². The van der Waals surface area contributed by atoms with Crippen molar-refractivity contribution >= 4 is 40.6 Å². The molecular formula is C12H10Cl2N4O3. The van der Waals surface area contributed by atoms with Crippen molar-refractivity contribution in [1.82, 2.24) is 9.78 Å². The van der Waals surface area contributed by atoms with Crippen LogP contribution in [0.3, 0.4) is 0 Å². The molecule has 110 valence electrons. The molecule has 0 atom stereocenters. The van der Waals surface area contributed by atoms with E-state index in [1.807, 2.05) is 0 Å². The fourth-order valence-corrected chi connectivity index (χ4v) is 2.23. The highest BCUT2D eigenvalue weighted by atomic mass is 35.5. The molecule has 2 rings (SSSR count). The van der Waals surface area contributed by atoms with Crippen molar-refractivity contribution in [3.8, 4) is 0 Å². The van der Waals surface area contributed by atoms with E-state index in [1.165, 1.54) is 10.7 Å². The molecule has 2 aromatic rings. The third-order valence-corrected chi connectivity index (χ3v) is 3.03. The number of aromatic nitrogens is 2. The minimum atomic E-state index is -0.613. The van der Waals surface area contributed by atoms with Crippen LogP contribution in [0, 0.1) is 17.0 Å². The van der Waals surface area contributed by atoms with Crippen LogP contribution in [0.15, 0.2) is 24.3 Å². The van der Waals surface area contributed by atoms with Crippen LogP contribution in [0.25, 0.3) is 0 Å². The average Bonchev–Trinajstić information content (AvgIpc) is 2.69. The Bertz CT molecular complexity index is 694. The van der Waals surface area contributed by atoms with Crippen LogP contribution in [0.5, 0.6) is 0 Å². The number of rotatable bonds is 4. The lowest BCUT2D eigenvalue weighted by Gasteiger charge is -2.06. The van der Waals surface area contributed by atoms with Gasteiger partial charge in [-0.25, -0.2) is 0 Å².